The summed E-state index contributed by atoms with van der Waals surface area (Å²) < 4.78 is 5.81. The smallest absolute Gasteiger partial charge is 0.405 e. The van der Waals surface area contributed by atoms with Crippen molar-refractivity contribution in [1.29, 1.82) is 0 Å². The molecule has 0 aromatic heterocycles. The molecule has 0 saturated carbocycles. The van der Waals surface area contributed by atoms with E-state index in [1.54, 1.807) is 0 Å². The Morgan fingerprint density at radius 3 is 2.63 bits per heavy atom. The van der Waals surface area contributed by atoms with Gasteiger partial charge in [-0.25, -0.2) is 4.79 Å². The van der Waals surface area contributed by atoms with E-state index in [0.29, 0.717) is 12.5 Å². The van der Waals surface area contributed by atoms with E-state index in [4.69, 9.17) is 15.6 Å². The van der Waals surface area contributed by atoms with Gasteiger partial charge in [0.15, 0.2) is 0 Å². The van der Waals surface area contributed by atoms with Crippen LogP contribution in [0.1, 0.15) is 38.7 Å². The van der Waals surface area contributed by atoms with Gasteiger partial charge in [0.25, 0.3) is 0 Å². The van der Waals surface area contributed by atoms with E-state index >= 15 is 0 Å². The van der Waals surface area contributed by atoms with Gasteiger partial charge in [-0.05, 0) is 64.1 Å². The molecule has 2 rings (SSSR count). The molecule has 6 nitrogen and oxygen atoms in total. The SMILES string of the molecule is CC(C)(CN1CCC(CCOCC(N)Cc2ccccc2)CC1)NC(=O)O. The lowest BCUT2D eigenvalue weighted by Gasteiger charge is -2.37. The van der Waals surface area contributed by atoms with Gasteiger partial charge < -0.3 is 25.8 Å². The van der Waals surface area contributed by atoms with Crippen molar-refractivity contribution in [3.63, 3.8) is 0 Å². The Morgan fingerprint density at radius 1 is 1.33 bits per heavy atom. The number of carbonyl (C=O) groups is 1. The van der Waals surface area contributed by atoms with Crippen LogP contribution in [-0.4, -0.2) is 60.5 Å². The summed E-state index contributed by atoms with van der Waals surface area (Å²) in [5, 5.41) is 11.5. The molecule has 1 amide bonds. The molecular weight excluding hydrogens is 342 g/mol. The lowest BCUT2D eigenvalue weighted by molar-refractivity contribution is 0.0867. The second-order valence-corrected chi connectivity index (χ2v) is 8.35. The number of likely N-dealkylation sites (tertiary alicyclic amines) is 1. The number of nitrogens with zero attached hydrogens (tertiary/aromatic N) is 1. The summed E-state index contributed by atoms with van der Waals surface area (Å²) in [7, 11) is 0. The molecule has 1 atom stereocenters. The molecule has 0 spiro atoms. The van der Waals surface area contributed by atoms with Crippen molar-refractivity contribution in [2.45, 2.75) is 51.1 Å². The zero-order valence-corrected chi connectivity index (χ0v) is 16.7. The fourth-order valence-corrected chi connectivity index (χ4v) is 3.78. The van der Waals surface area contributed by atoms with Gasteiger partial charge in [-0.3, -0.25) is 0 Å². The number of nitrogens with one attached hydrogen (secondary N) is 1. The molecule has 1 aromatic rings. The predicted molar refractivity (Wildman–Crippen MR) is 108 cm³/mol. The zero-order chi connectivity index (χ0) is 19.7. The summed E-state index contributed by atoms with van der Waals surface area (Å²) in [5.74, 6) is 0.683. The van der Waals surface area contributed by atoms with Crippen molar-refractivity contribution in [2.24, 2.45) is 11.7 Å². The number of benzene rings is 1. The average Bonchev–Trinajstić information content (AvgIpc) is 2.59. The fourth-order valence-electron chi connectivity index (χ4n) is 3.78. The summed E-state index contributed by atoms with van der Waals surface area (Å²) in [6.07, 6.45) is 3.24. The number of nitrogens with two attached hydrogens (primary N) is 1. The number of ether oxygens (including phenoxy) is 1. The van der Waals surface area contributed by atoms with Gasteiger partial charge in [-0.1, -0.05) is 30.3 Å². The second kappa shape index (κ2) is 10.6. The van der Waals surface area contributed by atoms with Crippen LogP contribution in [0.25, 0.3) is 0 Å². The number of hydrogen-bond donors (Lipinski definition) is 3. The summed E-state index contributed by atoms with van der Waals surface area (Å²) >= 11 is 0. The third kappa shape index (κ3) is 8.73. The lowest BCUT2D eigenvalue weighted by Crippen LogP contribution is -2.52. The first-order chi connectivity index (χ1) is 12.8. The standard InChI is InChI=1S/C21H35N3O3/c1-21(2,23-20(25)26)16-24-11-8-17(9-12-24)10-13-27-15-19(22)14-18-6-4-3-5-7-18/h3-7,17,19,23H,8-16,22H2,1-2H3,(H,25,26). The first kappa shape index (κ1) is 21.7. The highest BCUT2D eigenvalue weighted by Crippen LogP contribution is 2.22. The van der Waals surface area contributed by atoms with Crippen LogP contribution in [0.5, 0.6) is 0 Å². The van der Waals surface area contributed by atoms with Crippen LogP contribution >= 0.6 is 0 Å². The van der Waals surface area contributed by atoms with Crippen molar-refractivity contribution in [3.8, 4) is 0 Å². The highest BCUT2D eigenvalue weighted by atomic mass is 16.5. The Morgan fingerprint density at radius 2 is 2.00 bits per heavy atom. The molecule has 0 radical (unpaired) electrons. The molecule has 152 valence electrons. The Bertz CT molecular complexity index is 557. The van der Waals surface area contributed by atoms with Crippen molar-refractivity contribution in [1.82, 2.24) is 10.2 Å². The highest BCUT2D eigenvalue weighted by Gasteiger charge is 2.26. The van der Waals surface area contributed by atoms with E-state index in [-0.39, 0.29) is 6.04 Å². The van der Waals surface area contributed by atoms with E-state index in [1.165, 1.54) is 5.56 Å². The number of piperidine rings is 1. The van der Waals surface area contributed by atoms with Crippen LogP contribution in [-0.2, 0) is 11.2 Å². The minimum absolute atomic E-state index is 0.0400. The van der Waals surface area contributed by atoms with Gasteiger partial charge in [0.05, 0.1) is 12.1 Å². The molecule has 1 fully saturated rings. The molecule has 1 aromatic carbocycles. The van der Waals surface area contributed by atoms with Crippen LogP contribution in [0.2, 0.25) is 0 Å². The van der Waals surface area contributed by atoms with Crippen molar-refractivity contribution in [2.75, 3.05) is 32.8 Å². The first-order valence-electron chi connectivity index (χ1n) is 9.95. The minimum atomic E-state index is -0.961. The monoisotopic (exact) mass is 377 g/mol. The van der Waals surface area contributed by atoms with Crippen LogP contribution in [0, 0.1) is 5.92 Å². The van der Waals surface area contributed by atoms with E-state index < -0.39 is 11.6 Å². The third-order valence-electron chi connectivity index (χ3n) is 5.11. The predicted octanol–water partition coefficient (Wildman–Crippen LogP) is 2.72. The zero-order valence-electron chi connectivity index (χ0n) is 16.7. The molecule has 6 heteroatoms. The number of carboxylic acid groups (broad SMARTS) is 1. The van der Waals surface area contributed by atoms with Crippen LogP contribution in [0.4, 0.5) is 4.79 Å². The highest BCUT2D eigenvalue weighted by molar-refractivity contribution is 5.65. The van der Waals surface area contributed by atoms with Gasteiger partial charge in [-0.15, -0.1) is 0 Å². The van der Waals surface area contributed by atoms with Gasteiger partial charge in [0, 0.05) is 19.2 Å². The quantitative estimate of drug-likeness (QED) is 0.546. The van der Waals surface area contributed by atoms with Crippen LogP contribution < -0.4 is 11.1 Å². The Hall–Kier alpha value is -1.63. The minimum Gasteiger partial charge on any atom is -0.465 e. The molecule has 4 N–H and O–H groups in total. The molecule has 1 aliphatic rings. The normalized spacial score (nSPS) is 17.6. The molecule has 1 heterocycles. The van der Waals surface area contributed by atoms with Gasteiger partial charge in [0.2, 0.25) is 0 Å². The van der Waals surface area contributed by atoms with E-state index in [0.717, 1.165) is 51.9 Å². The number of rotatable bonds is 10. The summed E-state index contributed by atoms with van der Waals surface area (Å²) in [5.41, 5.74) is 6.99. The average molecular weight is 378 g/mol. The Kier molecular flexibility index (Phi) is 8.54. The van der Waals surface area contributed by atoms with Crippen molar-refractivity contribution >= 4 is 6.09 Å². The molecule has 1 aliphatic heterocycles. The molecule has 0 bridgehead atoms. The maximum absolute atomic E-state index is 10.9. The summed E-state index contributed by atoms with van der Waals surface area (Å²) in [6.45, 7) is 8.00. The van der Waals surface area contributed by atoms with E-state index in [2.05, 4.69) is 22.3 Å². The van der Waals surface area contributed by atoms with Gasteiger partial charge >= 0.3 is 6.09 Å². The third-order valence-corrected chi connectivity index (χ3v) is 5.11. The molecule has 27 heavy (non-hydrogen) atoms. The largest absolute Gasteiger partial charge is 0.465 e. The van der Waals surface area contributed by atoms with Crippen molar-refractivity contribution in [3.05, 3.63) is 35.9 Å². The number of amides is 1. The van der Waals surface area contributed by atoms with Crippen molar-refractivity contribution < 1.29 is 14.6 Å². The summed E-state index contributed by atoms with van der Waals surface area (Å²) in [4.78, 5) is 13.2. The first-order valence-corrected chi connectivity index (χ1v) is 9.95. The maximum atomic E-state index is 10.9. The summed E-state index contributed by atoms with van der Waals surface area (Å²) in [6, 6.07) is 10.3. The van der Waals surface area contributed by atoms with Crippen LogP contribution in [0.15, 0.2) is 30.3 Å². The van der Waals surface area contributed by atoms with Crippen LogP contribution in [0.3, 0.4) is 0 Å². The van der Waals surface area contributed by atoms with Gasteiger partial charge in [-0.2, -0.15) is 0 Å². The second-order valence-electron chi connectivity index (χ2n) is 8.35. The Labute approximate surface area is 163 Å². The fraction of sp³-hybridized carbons (Fsp3) is 0.667. The molecule has 0 aliphatic carbocycles. The molecule has 1 unspecified atom stereocenters. The maximum Gasteiger partial charge on any atom is 0.405 e. The molecule has 1 saturated heterocycles. The molecular formula is C21H35N3O3. The van der Waals surface area contributed by atoms with Gasteiger partial charge in [0.1, 0.15) is 0 Å². The lowest BCUT2D eigenvalue weighted by atomic mass is 9.92. The topological polar surface area (TPSA) is 87.8 Å². The Balaban J connectivity index is 1.56. The van der Waals surface area contributed by atoms with E-state index in [9.17, 15) is 4.79 Å². The number of hydrogen-bond acceptors (Lipinski definition) is 4. The van der Waals surface area contributed by atoms with E-state index in [1.807, 2.05) is 32.0 Å².